The van der Waals surface area contributed by atoms with Crippen LogP contribution in [0.2, 0.25) is 0 Å². The molecule has 0 saturated heterocycles. The molecule has 0 heterocycles. The van der Waals surface area contributed by atoms with Crippen LogP contribution in [0.5, 0.6) is 0 Å². The zero-order chi connectivity index (χ0) is 6.41. The van der Waals surface area contributed by atoms with Crippen LogP contribution in [-0.4, -0.2) is 0 Å². The topological polar surface area (TPSA) is 0 Å². The van der Waals surface area contributed by atoms with Crippen molar-refractivity contribution in [3.05, 3.63) is 11.6 Å². The first-order chi connectivity index (χ1) is 3.81. The molecule has 0 N–H and O–H groups in total. The lowest BCUT2D eigenvalue weighted by atomic mass is 10.2. The Hall–Kier alpha value is -0.260. The van der Waals surface area contributed by atoms with Crippen LogP contribution in [0.4, 0.5) is 0 Å². The first-order valence-electron chi connectivity index (χ1n) is 3.46. The quantitative estimate of drug-likeness (QED) is 0.492. The van der Waals surface area contributed by atoms with Crippen molar-refractivity contribution in [3.8, 4) is 0 Å². The average molecular weight is 112 g/mol. The van der Waals surface area contributed by atoms with E-state index in [4.69, 9.17) is 0 Å². The molecule has 0 nitrogen and oxygen atoms in total. The largest absolute Gasteiger partial charge is 0.0856 e. The molecule has 8 heavy (non-hydrogen) atoms. The third-order valence-corrected chi connectivity index (χ3v) is 1.34. The molecule has 0 heteroatoms. The van der Waals surface area contributed by atoms with E-state index in [0.29, 0.717) is 0 Å². The molecule has 0 aromatic heterocycles. The smallest absolute Gasteiger partial charge is 0.0351 e. The van der Waals surface area contributed by atoms with Crippen molar-refractivity contribution in [1.82, 2.24) is 0 Å². The second kappa shape index (κ2) is 4.89. The van der Waals surface area contributed by atoms with Crippen LogP contribution in [0.1, 0.15) is 40.0 Å². The van der Waals surface area contributed by atoms with Gasteiger partial charge in [0.15, 0.2) is 0 Å². The van der Waals surface area contributed by atoms with E-state index in [2.05, 4.69) is 26.8 Å². The van der Waals surface area contributed by atoms with Crippen LogP contribution in [0.25, 0.3) is 0 Å². The van der Waals surface area contributed by atoms with Crippen molar-refractivity contribution in [2.45, 2.75) is 40.0 Å². The molecule has 0 amide bonds. The molecule has 0 aromatic carbocycles. The molecule has 0 saturated carbocycles. The van der Waals surface area contributed by atoms with Crippen molar-refractivity contribution in [2.24, 2.45) is 0 Å². The van der Waals surface area contributed by atoms with Gasteiger partial charge in [-0.25, -0.2) is 0 Å². The monoisotopic (exact) mass is 112 g/mol. The van der Waals surface area contributed by atoms with Crippen LogP contribution < -0.4 is 0 Å². The van der Waals surface area contributed by atoms with Crippen molar-refractivity contribution < 1.29 is 0 Å². The highest BCUT2D eigenvalue weighted by Crippen LogP contribution is 2.00. The molecule has 0 atom stereocenters. The minimum atomic E-state index is 1.21. The highest BCUT2D eigenvalue weighted by molar-refractivity contribution is 4.95. The Morgan fingerprint density at radius 2 is 2.00 bits per heavy atom. The lowest BCUT2D eigenvalue weighted by molar-refractivity contribution is 0.934. The third kappa shape index (κ3) is 3.91. The number of allylic oxidation sites excluding steroid dienone is 2. The van der Waals surface area contributed by atoms with Gasteiger partial charge in [-0.1, -0.05) is 31.9 Å². The summed E-state index contributed by atoms with van der Waals surface area (Å²) in [6.07, 6.45) is 6.05. The Bertz CT molecular complexity index is 70.1. The first-order valence-corrected chi connectivity index (χ1v) is 3.46. The van der Waals surface area contributed by atoms with Gasteiger partial charge in [-0.15, -0.1) is 0 Å². The van der Waals surface area contributed by atoms with E-state index in [1.54, 1.807) is 0 Å². The van der Waals surface area contributed by atoms with Gasteiger partial charge in [0.2, 0.25) is 0 Å². The van der Waals surface area contributed by atoms with Crippen molar-refractivity contribution in [2.75, 3.05) is 0 Å². The Kier molecular flexibility index (Phi) is 4.73. The molecule has 0 fully saturated rings. The SMILES string of the molecule is CCC/C=C(/C)CC. The molecule has 0 rings (SSSR count). The highest BCUT2D eigenvalue weighted by Gasteiger charge is 1.79. The van der Waals surface area contributed by atoms with Gasteiger partial charge >= 0.3 is 0 Å². The maximum absolute atomic E-state index is 2.32. The van der Waals surface area contributed by atoms with Gasteiger partial charge in [-0.05, 0) is 19.8 Å². The van der Waals surface area contributed by atoms with Gasteiger partial charge in [0, 0.05) is 0 Å². The van der Waals surface area contributed by atoms with E-state index in [-0.39, 0.29) is 0 Å². The minimum Gasteiger partial charge on any atom is -0.0856 e. The number of hydrogen-bond acceptors (Lipinski definition) is 0. The van der Waals surface area contributed by atoms with E-state index in [0.717, 1.165) is 0 Å². The van der Waals surface area contributed by atoms with Crippen LogP contribution in [0, 0.1) is 0 Å². The van der Waals surface area contributed by atoms with E-state index >= 15 is 0 Å². The summed E-state index contributed by atoms with van der Waals surface area (Å²) in [7, 11) is 0. The van der Waals surface area contributed by atoms with Crippen LogP contribution in [-0.2, 0) is 0 Å². The van der Waals surface area contributed by atoms with E-state index in [1.807, 2.05) is 0 Å². The van der Waals surface area contributed by atoms with E-state index in [1.165, 1.54) is 24.8 Å². The predicted molar refractivity (Wildman–Crippen MR) is 39.0 cm³/mol. The molecule has 0 aliphatic heterocycles. The Morgan fingerprint density at radius 1 is 1.38 bits per heavy atom. The predicted octanol–water partition coefficient (Wildman–Crippen LogP) is 3.14. The average Bonchev–Trinajstić information content (AvgIpc) is 1.83. The molecule has 0 aliphatic carbocycles. The molecule has 0 unspecified atom stereocenters. The minimum absolute atomic E-state index is 1.21. The van der Waals surface area contributed by atoms with Gasteiger partial charge in [0.1, 0.15) is 0 Å². The zero-order valence-electron chi connectivity index (χ0n) is 6.20. The molecular weight excluding hydrogens is 96.1 g/mol. The summed E-state index contributed by atoms with van der Waals surface area (Å²) < 4.78 is 0. The molecule has 0 radical (unpaired) electrons. The summed E-state index contributed by atoms with van der Waals surface area (Å²) in [5.41, 5.74) is 1.52. The van der Waals surface area contributed by atoms with E-state index < -0.39 is 0 Å². The standard InChI is InChI=1S/C8H16/c1-4-6-7-8(3)5-2/h7H,4-6H2,1-3H3/b8-7-. The lowest BCUT2D eigenvalue weighted by Crippen LogP contribution is -1.70. The summed E-state index contributed by atoms with van der Waals surface area (Å²) in [5.74, 6) is 0. The first kappa shape index (κ1) is 7.74. The highest BCUT2D eigenvalue weighted by atomic mass is 13.9. The van der Waals surface area contributed by atoms with E-state index in [9.17, 15) is 0 Å². The molecular formula is C8H16. The number of rotatable bonds is 3. The summed E-state index contributed by atoms with van der Waals surface area (Å²) in [4.78, 5) is 0. The molecule has 0 bridgehead atoms. The Balaban J connectivity index is 3.26. The van der Waals surface area contributed by atoms with Crippen LogP contribution >= 0.6 is 0 Å². The Morgan fingerprint density at radius 3 is 2.38 bits per heavy atom. The fraction of sp³-hybridized carbons (Fsp3) is 0.750. The van der Waals surface area contributed by atoms with Crippen LogP contribution in [0.15, 0.2) is 11.6 Å². The Labute approximate surface area is 52.6 Å². The van der Waals surface area contributed by atoms with Gasteiger partial charge in [-0.3, -0.25) is 0 Å². The summed E-state index contributed by atoms with van der Waals surface area (Å²) >= 11 is 0. The summed E-state index contributed by atoms with van der Waals surface area (Å²) in [6.45, 7) is 6.59. The fourth-order valence-electron chi connectivity index (χ4n) is 0.535. The van der Waals surface area contributed by atoms with Gasteiger partial charge in [0.05, 0.1) is 0 Å². The molecule has 0 aromatic rings. The molecule has 0 aliphatic rings. The molecule has 48 valence electrons. The maximum atomic E-state index is 2.32. The van der Waals surface area contributed by atoms with Crippen molar-refractivity contribution in [3.63, 3.8) is 0 Å². The number of unbranched alkanes of at least 4 members (excludes halogenated alkanes) is 1. The van der Waals surface area contributed by atoms with Crippen molar-refractivity contribution >= 4 is 0 Å². The zero-order valence-corrected chi connectivity index (χ0v) is 6.20. The second-order valence-electron chi connectivity index (χ2n) is 2.19. The van der Waals surface area contributed by atoms with Gasteiger partial charge in [0.25, 0.3) is 0 Å². The summed E-state index contributed by atoms with van der Waals surface area (Å²) in [6, 6.07) is 0. The fourth-order valence-corrected chi connectivity index (χ4v) is 0.535. The molecule has 0 spiro atoms. The van der Waals surface area contributed by atoms with Crippen molar-refractivity contribution in [1.29, 1.82) is 0 Å². The summed E-state index contributed by atoms with van der Waals surface area (Å²) in [5, 5.41) is 0. The maximum Gasteiger partial charge on any atom is -0.0351 e. The second-order valence-corrected chi connectivity index (χ2v) is 2.19. The normalized spacial score (nSPS) is 12.1. The third-order valence-electron chi connectivity index (χ3n) is 1.34. The van der Waals surface area contributed by atoms with Crippen LogP contribution in [0.3, 0.4) is 0 Å². The number of hydrogen-bond donors (Lipinski definition) is 0. The lowest BCUT2D eigenvalue weighted by Gasteiger charge is -1.91. The van der Waals surface area contributed by atoms with Gasteiger partial charge < -0.3 is 0 Å². The van der Waals surface area contributed by atoms with Gasteiger partial charge in [-0.2, -0.15) is 0 Å².